The Morgan fingerprint density at radius 1 is 1.21 bits per heavy atom. The Kier molecular flexibility index (Phi) is 4.30. The molecule has 19 heavy (non-hydrogen) atoms. The lowest BCUT2D eigenvalue weighted by molar-refractivity contribution is 0.145. The number of aliphatic hydroxyl groups is 1. The minimum atomic E-state index is -0.625. The fourth-order valence-electron chi connectivity index (χ4n) is 2.30. The van der Waals surface area contributed by atoms with E-state index in [0.29, 0.717) is 6.54 Å². The molecule has 100 valence electrons. The Bertz CT molecular complexity index is 540. The Labute approximate surface area is 114 Å². The summed E-state index contributed by atoms with van der Waals surface area (Å²) < 4.78 is 0. The van der Waals surface area contributed by atoms with Crippen molar-refractivity contribution in [3.63, 3.8) is 0 Å². The third kappa shape index (κ3) is 3.00. The molecule has 0 spiro atoms. The van der Waals surface area contributed by atoms with Crippen molar-refractivity contribution in [1.29, 1.82) is 0 Å². The number of benzene rings is 1. The van der Waals surface area contributed by atoms with Crippen LogP contribution in [0.15, 0.2) is 42.6 Å². The van der Waals surface area contributed by atoms with Crippen molar-refractivity contribution < 1.29 is 5.11 Å². The molecule has 2 rings (SSSR count). The van der Waals surface area contributed by atoms with E-state index >= 15 is 0 Å². The van der Waals surface area contributed by atoms with Gasteiger partial charge in [0.25, 0.3) is 0 Å². The molecular formula is C16H20N2O. The average Bonchev–Trinajstić information content (AvgIpc) is 2.43. The summed E-state index contributed by atoms with van der Waals surface area (Å²) in [5.74, 6) is -0.179. The lowest BCUT2D eigenvalue weighted by atomic mass is 9.89. The standard InChI is InChI=1S/C16H20N2O/c1-11-6-7-12(2)13(9-11)16(19)14(10-17)15-5-3-4-8-18-15/h3-9,14,16,19H,10,17H2,1-2H3. The molecule has 0 fully saturated rings. The van der Waals surface area contributed by atoms with E-state index < -0.39 is 6.10 Å². The summed E-state index contributed by atoms with van der Waals surface area (Å²) in [6.45, 7) is 4.39. The van der Waals surface area contributed by atoms with Crippen molar-refractivity contribution in [2.75, 3.05) is 6.54 Å². The second-order valence-corrected chi connectivity index (χ2v) is 4.90. The third-order valence-corrected chi connectivity index (χ3v) is 3.46. The van der Waals surface area contributed by atoms with Gasteiger partial charge in [-0.3, -0.25) is 4.98 Å². The predicted molar refractivity (Wildman–Crippen MR) is 76.9 cm³/mol. The van der Waals surface area contributed by atoms with Gasteiger partial charge >= 0.3 is 0 Å². The Morgan fingerprint density at radius 3 is 2.63 bits per heavy atom. The number of hydrogen-bond acceptors (Lipinski definition) is 3. The second kappa shape index (κ2) is 5.95. The smallest absolute Gasteiger partial charge is 0.0888 e. The van der Waals surface area contributed by atoms with Crippen molar-refractivity contribution in [1.82, 2.24) is 4.98 Å². The van der Waals surface area contributed by atoms with Gasteiger partial charge in [-0.05, 0) is 37.1 Å². The summed E-state index contributed by atoms with van der Waals surface area (Å²) in [6, 6.07) is 11.8. The second-order valence-electron chi connectivity index (χ2n) is 4.90. The van der Waals surface area contributed by atoms with Crippen molar-refractivity contribution in [2.24, 2.45) is 5.73 Å². The molecule has 0 amide bonds. The zero-order valence-electron chi connectivity index (χ0n) is 11.4. The van der Waals surface area contributed by atoms with E-state index in [9.17, 15) is 5.11 Å². The van der Waals surface area contributed by atoms with Crippen LogP contribution < -0.4 is 5.73 Å². The molecule has 3 N–H and O–H groups in total. The zero-order valence-corrected chi connectivity index (χ0v) is 11.4. The fourth-order valence-corrected chi connectivity index (χ4v) is 2.30. The minimum Gasteiger partial charge on any atom is -0.388 e. The maximum atomic E-state index is 10.6. The first-order chi connectivity index (χ1) is 9.13. The number of nitrogens with two attached hydrogens (primary N) is 1. The number of aliphatic hydroxyl groups excluding tert-OH is 1. The summed E-state index contributed by atoms with van der Waals surface area (Å²) in [5, 5.41) is 10.6. The Hall–Kier alpha value is -1.71. The van der Waals surface area contributed by atoms with Crippen LogP contribution in [0.4, 0.5) is 0 Å². The first kappa shape index (κ1) is 13.7. The molecular weight excluding hydrogens is 236 g/mol. The normalized spacial score (nSPS) is 14.1. The molecule has 2 aromatic rings. The Morgan fingerprint density at radius 2 is 2.00 bits per heavy atom. The number of nitrogens with zero attached hydrogens (tertiary/aromatic N) is 1. The molecule has 0 aliphatic rings. The molecule has 0 bridgehead atoms. The third-order valence-electron chi connectivity index (χ3n) is 3.46. The molecule has 0 saturated heterocycles. The van der Waals surface area contributed by atoms with Gasteiger partial charge < -0.3 is 10.8 Å². The molecule has 0 saturated carbocycles. The van der Waals surface area contributed by atoms with Gasteiger partial charge in [0.05, 0.1) is 6.10 Å². The molecule has 1 heterocycles. The molecule has 3 nitrogen and oxygen atoms in total. The van der Waals surface area contributed by atoms with Crippen LogP contribution in [0.25, 0.3) is 0 Å². The van der Waals surface area contributed by atoms with Gasteiger partial charge in [0, 0.05) is 24.4 Å². The highest BCUT2D eigenvalue weighted by Crippen LogP contribution is 2.31. The van der Waals surface area contributed by atoms with Crippen molar-refractivity contribution in [3.8, 4) is 0 Å². The van der Waals surface area contributed by atoms with E-state index in [-0.39, 0.29) is 5.92 Å². The van der Waals surface area contributed by atoms with Crippen LogP contribution in [0.1, 0.15) is 34.4 Å². The molecule has 0 radical (unpaired) electrons. The summed E-state index contributed by atoms with van der Waals surface area (Å²) in [7, 11) is 0. The fraction of sp³-hybridized carbons (Fsp3) is 0.312. The van der Waals surface area contributed by atoms with E-state index in [1.54, 1.807) is 6.20 Å². The van der Waals surface area contributed by atoms with Crippen LogP contribution in [0.5, 0.6) is 0 Å². The SMILES string of the molecule is Cc1ccc(C)c(C(O)C(CN)c2ccccn2)c1. The highest BCUT2D eigenvalue weighted by molar-refractivity contribution is 5.34. The highest BCUT2D eigenvalue weighted by Gasteiger charge is 2.23. The van der Waals surface area contributed by atoms with E-state index in [1.807, 2.05) is 50.2 Å². The van der Waals surface area contributed by atoms with Crippen molar-refractivity contribution in [3.05, 3.63) is 65.0 Å². The molecule has 1 aromatic carbocycles. The predicted octanol–water partition coefficient (Wildman–Crippen LogP) is 2.47. The average molecular weight is 256 g/mol. The van der Waals surface area contributed by atoms with E-state index in [1.165, 1.54) is 0 Å². The van der Waals surface area contributed by atoms with Gasteiger partial charge in [0.2, 0.25) is 0 Å². The van der Waals surface area contributed by atoms with Gasteiger partial charge in [0.15, 0.2) is 0 Å². The molecule has 0 aliphatic carbocycles. The van der Waals surface area contributed by atoms with Crippen LogP contribution in [0.2, 0.25) is 0 Å². The van der Waals surface area contributed by atoms with Crippen LogP contribution in [0.3, 0.4) is 0 Å². The number of aromatic nitrogens is 1. The number of aryl methyl sites for hydroxylation is 2. The van der Waals surface area contributed by atoms with Gasteiger partial charge in [-0.25, -0.2) is 0 Å². The monoisotopic (exact) mass is 256 g/mol. The summed E-state index contributed by atoms with van der Waals surface area (Å²) in [5.41, 5.74) is 9.81. The van der Waals surface area contributed by atoms with Crippen LogP contribution >= 0.6 is 0 Å². The van der Waals surface area contributed by atoms with E-state index in [4.69, 9.17) is 5.73 Å². The number of hydrogen-bond donors (Lipinski definition) is 2. The molecule has 2 atom stereocenters. The molecule has 2 unspecified atom stereocenters. The lowest BCUT2D eigenvalue weighted by Crippen LogP contribution is -2.21. The van der Waals surface area contributed by atoms with Crippen LogP contribution in [-0.2, 0) is 0 Å². The van der Waals surface area contributed by atoms with E-state index in [0.717, 1.165) is 22.4 Å². The largest absolute Gasteiger partial charge is 0.388 e. The zero-order chi connectivity index (χ0) is 13.8. The summed E-state index contributed by atoms with van der Waals surface area (Å²) in [4.78, 5) is 4.31. The molecule has 1 aromatic heterocycles. The van der Waals surface area contributed by atoms with Crippen molar-refractivity contribution >= 4 is 0 Å². The number of rotatable bonds is 4. The first-order valence-corrected chi connectivity index (χ1v) is 6.49. The summed E-state index contributed by atoms with van der Waals surface area (Å²) >= 11 is 0. The number of pyridine rings is 1. The maximum absolute atomic E-state index is 10.6. The summed E-state index contributed by atoms with van der Waals surface area (Å²) in [6.07, 6.45) is 1.10. The van der Waals surface area contributed by atoms with Gasteiger partial charge in [-0.15, -0.1) is 0 Å². The van der Waals surface area contributed by atoms with Gasteiger partial charge in [-0.1, -0.05) is 29.8 Å². The van der Waals surface area contributed by atoms with Crippen LogP contribution in [-0.4, -0.2) is 16.6 Å². The lowest BCUT2D eigenvalue weighted by Gasteiger charge is -2.23. The molecule has 3 heteroatoms. The van der Waals surface area contributed by atoms with Gasteiger partial charge in [0.1, 0.15) is 0 Å². The first-order valence-electron chi connectivity index (χ1n) is 6.49. The maximum Gasteiger partial charge on any atom is 0.0888 e. The minimum absolute atomic E-state index is 0.179. The Balaban J connectivity index is 2.36. The topological polar surface area (TPSA) is 59.1 Å². The molecule has 0 aliphatic heterocycles. The quantitative estimate of drug-likeness (QED) is 0.883. The van der Waals surface area contributed by atoms with E-state index in [2.05, 4.69) is 4.98 Å². The van der Waals surface area contributed by atoms with Crippen LogP contribution in [0, 0.1) is 13.8 Å². The van der Waals surface area contributed by atoms with Gasteiger partial charge in [-0.2, -0.15) is 0 Å². The highest BCUT2D eigenvalue weighted by atomic mass is 16.3. The van der Waals surface area contributed by atoms with Crippen molar-refractivity contribution in [2.45, 2.75) is 25.9 Å².